The summed E-state index contributed by atoms with van der Waals surface area (Å²) < 4.78 is 5.03. The number of hydrogen-bond acceptors (Lipinski definition) is 7. The van der Waals surface area contributed by atoms with Crippen molar-refractivity contribution in [2.45, 2.75) is 26.2 Å². The molecule has 0 aliphatic carbocycles. The third-order valence-electron chi connectivity index (χ3n) is 3.66. The van der Waals surface area contributed by atoms with Gasteiger partial charge in [-0.15, -0.1) is 11.3 Å². The van der Waals surface area contributed by atoms with E-state index in [0.29, 0.717) is 11.6 Å². The van der Waals surface area contributed by atoms with E-state index in [4.69, 9.17) is 4.74 Å². The number of aromatic nitrogens is 2. The molecule has 0 radical (unpaired) electrons. The Labute approximate surface area is 150 Å². The zero-order chi connectivity index (χ0) is 18.0. The highest BCUT2D eigenvalue weighted by Gasteiger charge is 2.18. The Morgan fingerprint density at radius 2 is 2.04 bits per heavy atom. The number of thiophene rings is 1. The molecule has 0 aliphatic rings. The molecule has 3 rings (SSSR count). The molecule has 1 aromatic carbocycles. The zero-order valence-electron chi connectivity index (χ0n) is 14.6. The molecule has 7 heteroatoms. The summed E-state index contributed by atoms with van der Waals surface area (Å²) >= 11 is 1.66. The van der Waals surface area contributed by atoms with Crippen molar-refractivity contribution in [3.8, 4) is 11.5 Å². The first kappa shape index (κ1) is 17.2. The lowest BCUT2D eigenvalue weighted by Gasteiger charge is -2.14. The largest absolute Gasteiger partial charge is 0.504 e. The molecule has 2 heterocycles. The van der Waals surface area contributed by atoms with E-state index in [1.165, 1.54) is 18.3 Å². The molecule has 0 saturated carbocycles. The number of aromatic hydroxyl groups is 1. The van der Waals surface area contributed by atoms with Crippen LogP contribution in [0.2, 0.25) is 0 Å². The zero-order valence-corrected chi connectivity index (χ0v) is 15.4. The van der Waals surface area contributed by atoms with Crippen LogP contribution in [-0.4, -0.2) is 28.4 Å². The van der Waals surface area contributed by atoms with Gasteiger partial charge in [0, 0.05) is 4.88 Å². The number of ether oxygens (including phenoxy) is 1. The van der Waals surface area contributed by atoms with Gasteiger partial charge in [-0.2, -0.15) is 5.10 Å². The maximum absolute atomic E-state index is 9.80. The van der Waals surface area contributed by atoms with Gasteiger partial charge in [-0.1, -0.05) is 20.8 Å². The van der Waals surface area contributed by atoms with Crippen molar-refractivity contribution in [2.75, 3.05) is 12.5 Å². The van der Waals surface area contributed by atoms with E-state index in [1.54, 1.807) is 29.7 Å². The van der Waals surface area contributed by atoms with Crippen LogP contribution in [0.25, 0.3) is 10.2 Å². The normalized spacial score (nSPS) is 12.0. The van der Waals surface area contributed by atoms with E-state index in [2.05, 4.69) is 47.3 Å². The molecule has 6 nitrogen and oxygen atoms in total. The van der Waals surface area contributed by atoms with E-state index >= 15 is 0 Å². The van der Waals surface area contributed by atoms with E-state index in [-0.39, 0.29) is 11.2 Å². The quantitative estimate of drug-likeness (QED) is 0.542. The van der Waals surface area contributed by atoms with E-state index in [9.17, 15) is 5.11 Å². The first-order valence-corrected chi connectivity index (χ1v) is 8.61. The summed E-state index contributed by atoms with van der Waals surface area (Å²) in [5, 5.41) is 15.0. The maximum atomic E-state index is 9.80. The molecule has 0 saturated heterocycles. The number of phenolic OH excluding ortho intramolecular Hbond substituents is 1. The molecule has 0 atom stereocenters. The third-order valence-corrected chi connectivity index (χ3v) is 5.12. The standard InChI is InChI=1S/C18H20N4O2S/c1-18(2,3)15-8-12-16(19-10-20-17(12)25-15)22-21-9-11-5-6-14(24-4)13(23)7-11/h5-10,23H,1-4H3,(H,19,20,22). The fraction of sp³-hybridized carbons (Fsp3) is 0.278. The molecule has 0 aliphatic heterocycles. The Kier molecular flexibility index (Phi) is 4.59. The van der Waals surface area contributed by atoms with E-state index < -0.39 is 0 Å². The van der Waals surface area contributed by atoms with Gasteiger partial charge in [0.05, 0.1) is 18.7 Å². The number of phenols is 1. The Hall–Kier alpha value is -2.67. The number of hydrazone groups is 1. The van der Waals surface area contributed by atoms with Gasteiger partial charge in [-0.05, 0) is 35.2 Å². The van der Waals surface area contributed by atoms with Crippen LogP contribution in [0.15, 0.2) is 35.7 Å². The van der Waals surface area contributed by atoms with Crippen LogP contribution in [0.5, 0.6) is 11.5 Å². The van der Waals surface area contributed by atoms with Crippen LogP contribution in [-0.2, 0) is 5.41 Å². The Morgan fingerprint density at radius 1 is 1.24 bits per heavy atom. The Morgan fingerprint density at radius 3 is 2.72 bits per heavy atom. The number of benzene rings is 1. The Balaban J connectivity index is 1.83. The average Bonchev–Trinajstić information content (AvgIpc) is 3.00. The predicted octanol–water partition coefficient (Wildman–Crippen LogP) is 4.15. The topological polar surface area (TPSA) is 79.6 Å². The molecule has 0 fully saturated rings. The van der Waals surface area contributed by atoms with Crippen molar-refractivity contribution >= 4 is 33.6 Å². The minimum absolute atomic E-state index is 0.0620. The number of nitrogens with one attached hydrogen (secondary N) is 1. The monoisotopic (exact) mass is 356 g/mol. The highest BCUT2D eigenvalue weighted by molar-refractivity contribution is 7.18. The molecule has 2 N–H and O–H groups in total. The van der Waals surface area contributed by atoms with Crippen LogP contribution < -0.4 is 10.2 Å². The van der Waals surface area contributed by atoms with E-state index in [0.717, 1.165) is 15.8 Å². The average molecular weight is 356 g/mol. The van der Waals surface area contributed by atoms with Crippen molar-refractivity contribution in [3.05, 3.63) is 41.0 Å². The summed E-state index contributed by atoms with van der Waals surface area (Å²) in [6, 6.07) is 7.19. The van der Waals surface area contributed by atoms with Gasteiger partial charge >= 0.3 is 0 Å². The lowest BCUT2D eigenvalue weighted by molar-refractivity contribution is 0.373. The van der Waals surface area contributed by atoms with Crippen molar-refractivity contribution < 1.29 is 9.84 Å². The van der Waals surface area contributed by atoms with Gasteiger partial charge in [-0.3, -0.25) is 5.43 Å². The number of fused-ring (bicyclic) bond motifs is 1. The highest BCUT2D eigenvalue weighted by atomic mass is 32.1. The summed E-state index contributed by atoms with van der Waals surface area (Å²) in [5.74, 6) is 1.16. The predicted molar refractivity (Wildman–Crippen MR) is 102 cm³/mol. The molecular formula is C18H20N4O2S. The molecule has 3 aromatic rings. The molecule has 0 spiro atoms. The highest BCUT2D eigenvalue weighted by Crippen LogP contribution is 2.35. The van der Waals surface area contributed by atoms with Crippen LogP contribution in [0.1, 0.15) is 31.2 Å². The van der Waals surface area contributed by atoms with E-state index in [1.807, 2.05) is 6.07 Å². The number of methoxy groups -OCH3 is 1. The fourth-order valence-electron chi connectivity index (χ4n) is 2.27. The number of anilines is 1. The maximum Gasteiger partial charge on any atom is 0.160 e. The van der Waals surface area contributed by atoms with Crippen molar-refractivity contribution in [1.29, 1.82) is 0 Å². The molecule has 0 bridgehead atoms. The molecule has 0 unspecified atom stereocenters. The van der Waals surface area contributed by atoms with Gasteiger partial charge in [0.2, 0.25) is 0 Å². The van der Waals surface area contributed by atoms with Crippen LogP contribution in [0, 0.1) is 0 Å². The van der Waals surface area contributed by atoms with Crippen LogP contribution in [0.3, 0.4) is 0 Å². The first-order valence-electron chi connectivity index (χ1n) is 7.79. The van der Waals surface area contributed by atoms with Crippen LogP contribution in [0.4, 0.5) is 5.82 Å². The van der Waals surface area contributed by atoms with Crippen molar-refractivity contribution in [3.63, 3.8) is 0 Å². The second-order valence-corrected chi connectivity index (χ2v) is 7.63. The van der Waals surface area contributed by atoms with Gasteiger partial charge in [0.15, 0.2) is 17.3 Å². The number of hydrogen-bond donors (Lipinski definition) is 2. The minimum atomic E-state index is 0.0620. The summed E-state index contributed by atoms with van der Waals surface area (Å²) in [6.45, 7) is 6.52. The molecule has 0 amide bonds. The van der Waals surface area contributed by atoms with Gasteiger partial charge < -0.3 is 9.84 Å². The lowest BCUT2D eigenvalue weighted by Crippen LogP contribution is -2.07. The fourth-order valence-corrected chi connectivity index (χ4v) is 3.33. The van der Waals surface area contributed by atoms with Gasteiger partial charge in [-0.25, -0.2) is 9.97 Å². The van der Waals surface area contributed by atoms with Gasteiger partial charge in [0.1, 0.15) is 11.2 Å². The van der Waals surface area contributed by atoms with Gasteiger partial charge in [0.25, 0.3) is 0 Å². The molecular weight excluding hydrogens is 336 g/mol. The molecule has 25 heavy (non-hydrogen) atoms. The van der Waals surface area contributed by atoms with Crippen molar-refractivity contribution in [2.24, 2.45) is 5.10 Å². The molecule has 130 valence electrons. The second kappa shape index (κ2) is 6.68. The lowest BCUT2D eigenvalue weighted by atomic mass is 9.94. The second-order valence-electron chi connectivity index (χ2n) is 6.60. The molecule has 2 aromatic heterocycles. The minimum Gasteiger partial charge on any atom is -0.504 e. The SMILES string of the molecule is COc1ccc(C=NNc2ncnc3sc(C(C)(C)C)cc23)cc1O. The van der Waals surface area contributed by atoms with Crippen molar-refractivity contribution in [1.82, 2.24) is 9.97 Å². The summed E-state index contributed by atoms with van der Waals surface area (Å²) in [4.78, 5) is 10.8. The Bertz CT molecular complexity index is 928. The van der Waals surface area contributed by atoms with Crippen LogP contribution >= 0.6 is 11.3 Å². The first-order chi connectivity index (χ1) is 11.9. The smallest absolute Gasteiger partial charge is 0.160 e. The summed E-state index contributed by atoms with van der Waals surface area (Å²) in [7, 11) is 1.51. The number of nitrogens with zero attached hydrogens (tertiary/aromatic N) is 3. The number of rotatable bonds is 4. The summed E-state index contributed by atoms with van der Waals surface area (Å²) in [6.07, 6.45) is 3.15. The third kappa shape index (κ3) is 3.71. The summed E-state index contributed by atoms with van der Waals surface area (Å²) in [5.41, 5.74) is 3.77.